The minimum atomic E-state index is -2.81. The standard InChI is InChI=1S/C22H22F3N5O3/c1-3-30(22(31)32)8-9-33-20-17(14-10-12(2)27-16(11-14)19(24)25)18(28-21(26)29-20)13-4-6-15(23)7-5-13/h4-7,10-11,19H,3,8-9H2,1-2H3,(H,31,32)(H2,26,28,29). The van der Waals surface area contributed by atoms with Crippen LogP contribution in [0.1, 0.15) is 24.7 Å². The van der Waals surface area contributed by atoms with Crippen LogP contribution in [0.25, 0.3) is 22.4 Å². The number of rotatable bonds is 8. The molecule has 3 aromatic rings. The molecular formula is C22H22F3N5O3. The van der Waals surface area contributed by atoms with Crippen LogP contribution in [0, 0.1) is 12.7 Å². The van der Waals surface area contributed by atoms with E-state index in [1.54, 1.807) is 19.9 Å². The number of nitrogens with zero attached hydrogens (tertiary/aromatic N) is 4. The van der Waals surface area contributed by atoms with E-state index in [1.807, 2.05) is 0 Å². The molecule has 0 bridgehead atoms. The van der Waals surface area contributed by atoms with E-state index in [0.717, 1.165) is 4.90 Å². The Balaban J connectivity index is 2.14. The molecule has 33 heavy (non-hydrogen) atoms. The number of hydrogen-bond donors (Lipinski definition) is 2. The van der Waals surface area contributed by atoms with Crippen LogP contribution in [0.5, 0.6) is 5.88 Å². The van der Waals surface area contributed by atoms with Crippen molar-refractivity contribution in [2.45, 2.75) is 20.3 Å². The van der Waals surface area contributed by atoms with Gasteiger partial charge in [0.05, 0.1) is 17.8 Å². The lowest BCUT2D eigenvalue weighted by atomic mass is 9.99. The third-order valence-electron chi connectivity index (χ3n) is 4.75. The van der Waals surface area contributed by atoms with Crippen LogP contribution in [0.3, 0.4) is 0 Å². The summed E-state index contributed by atoms with van der Waals surface area (Å²) in [6, 6.07) is 8.16. The molecule has 2 heterocycles. The molecule has 3 N–H and O–H groups in total. The molecule has 0 saturated heterocycles. The summed E-state index contributed by atoms with van der Waals surface area (Å²) in [4.78, 5) is 24.6. The van der Waals surface area contributed by atoms with Crippen LogP contribution in [0.4, 0.5) is 23.9 Å². The lowest BCUT2D eigenvalue weighted by Crippen LogP contribution is -2.33. The fraction of sp³-hybridized carbons (Fsp3) is 0.273. The predicted molar refractivity (Wildman–Crippen MR) is 116 cm³/mol. The molecule has 0 aliphatic carbocycles. The summed E-state index contributed by atoms with van der Waals surface area (Å²) in [6.07, 6.45) is -3.92. The maximum Gasteiger partial charge on any atom is 0.407 e. The molecule has 1 amide bonds. The van der Waals surface area contributed by atoms with Crippen LogP contribution >= 0.6 is 0 Å². The number of likely N-dealkylation sites (N-methyl/N-ethyl adjacent to an activating group) is 1. The van der Waals surface area contributed by atoms with Crippen molar-refractivity contribution in [1.29, 1.82) is 0 Å². The number of amides is 1. The van der Waals surface area contributed by atoms with Crippen molar-refractivity contribution in [3.63, 3.8) is 0 Å². The second kappa shape index (κ2) is 10.2. The number of nitrogens with two attached hydrogens (primary N) is 1. The zero-order valence-corrected chi connectivity index (χ0v) is 17.9. The van der Waals surface area contributed by atoms with E-state index in [9.17, 15) is 23.1 Å². The Morgan fingerprint density at radius 2 is 1.85 bits per heavy atom. The van der Waals surface area contributed by atoms with Crippen LogP contribution in [-0.2, 0) is 0 Å². The molecule has 8 nitrogen and oxygen atoms in total. The first-order chi connectivity index (χ1) is 15.7. The van der Waals surface area contributed by atoms with Crippen molar-refractivity contribution >= 4 is 12.0 Å². The normalized spacial score (nSPS) is 11.0. The second-order valence-corrected chi connectivity index (χ2v) is 7.05. The van der Waals surface area contributed by atoms with Crippen molar-refractivity contribution in [1.82, 2.24) is 19.9 Å². The average Bonchev–Trinajstić information content (AvgIpc) is 2.76. The van der Waals surface area contributed by atoms with Gasteiger partial charge in [0.2, 0.25) is 11.8 Å². The highest BCUT2D eigenvalue weighted by Gasteiger charge is 2.22. The number of alkyl halides is 2. The number of aromatic nitrogens is 3. The number of pyridine rings is 1. The van der Waals surface area contributed by atoms with Crippen LogP contribution in [0.2, 0.25) is 0 Å². The molecular weight excluding hydrogens is 439 g/mol. The number of benzene rings is 1. The maximum absolute atomic E-state index is 13.5. The van der Waals surface area contributed by atoms with Gasteiger partial charge in [-0.15, -0.1) is 0 Å². The number of anilines is 1. The number of ether oxygens (including phenoxy) is 1. The van der Waals surface area contributed by atoms with Gasteiger partial charge in [-0.3, -0.25) is 4.98 Å². The highest BCUT2D eigenvalue weighted by molar-refractivity contribution is 5.85. The summed E-state index contributed by atoms with van der Waals surface area (Å²) in [5, 5.41) is 9.19. The van der Waals surface area contributed by atoms with Crippen molar-refractivity contribution in [2.75, 3.05) is 25.4 Å². The minimum absolute atomic E-state index is 0.0194. The Labute approximate surface area is 187 Å². The van der Waals surface area contributed by atoms with Crippen molar-refractivity contribution in [2.24, 2.45) is 0 Å². The van der Waals surface area contributed by atoms with Crippen molar-refractivity contribution in [3.8, 4) is 28.3 Å². The zero-order valence-electron chi connectivity index (χ0n) is 17.9. The summed E-state index contributed by atoms with van der Waals surface area (Å²) in [6.45, 7) is 3.47. The summed E-state index contributed by atoms with van der Waals surface area (Å²) in [5.41, 5.74) is 7.02. The molecule has 0 aliphatic rings. The van der Waals surface area contributed by atoms with Gasteiger partial charge in [0.25, 0.3) is 6.43 Å². The Bertz CT molecular complexity index is 1140. The van der Waals surface area contributed by atoms with E-state index in [0.29, 0.717) is 16.8 Å². The van der Waals surface area contributed by atoms with E-state index >= 15 is 0 Å². The second-order valence-electron chi connectivity index (χ2n) is 7.05. The molecule has 0 saturated carbocycles. The number of carboxylic acid groups (broad SMARTS) is 1. The lowest BCUT2D eigenvalue weighted by molar-refractivity contribution is 0.137. The first-order valence-electron chi connectivity index (χ1n) is 10.0. The van der Waals surface area contributed by atoms with Gasteiger partial charge in [0.1, 0.15) is 18.1 Å². The van der Waals surface area contributed by atoms with E-state index < -0.39 is 24.0 Å². The molecule has 0 spiro atoms. The molecule has 0 radical (unpaired) electrons. The topological polar surface area (TPSA) is 114 Å². The molecule has 0 fully saturated rings. The third-order valence-corrected chi connectivity index (χ3v) is 4.75. The molecule has 0 atom stereocenters. The molecule has 0 unspecified atom stereocenters. The number of hydrogen-bond acceptors (Lipinski definition) is 6. The van der Waals surface area contributed by atoms with E-state index in [1.165, 1.54) is 30.3 Å². The predicted octanol–water partition coefficient (Wildman–Crippen LogP) is 4.55. The first-order valence-corrected chi connectivity index (χ1v) is 10.0. The highest BCUT2D eigenvalue weighted by atomic mass is 19.3. The Hall–Kier alpha value is -3.89. The van der Waals surface area contributed by atoms with Crippen LogP contribution in [0.15, 0.2) is 36.4 Å². The van der Waals surface area contributed by atoms with Crippen molar-refractivity contribution in [3.05, 3.63) is 53.6 Å². The van der Waals surface area contributed by atoms with Gasteiger partial charge in [-0.2, -0.15) is 4.98 Å². The molecule has 0 aliphatic heterocycles. The van der Waals surface area contributed by atoms with Gasteiger partial charge in [0.15, 0.2) is 0 Å². The molecule has 11 heteroatoms. The quantitative estimate of drug-likeness (QED) is 0.506. The van der Waals surface area contributed by atoms with Crippen LogP contribution < -0.4 is 10.5 Å². The Morgan fingerprint density at radius 3 is 2.45 bits per heavy atom. The first kappa shape index (κ1) is 23.8. The van der Waals surface area contributed by atoms with E-state index in [2.05, 4.69) is 15.0 Å². The fourth-order valence-corrected chi connectivity index (χ4v) is 3.23. The highest BCUT2D eigenvalue weighted by Crippen LogP contribution is 2.39. The molecule has 174 valence electrons. The number of halogens is 3. The maximum atomic E-state index is 13.5. The van der Waals surface area contributed by atoms with Crippen LogP contribution in [-0.4, -0.2) is 50.7 Å². The summed E-state index contributed by atoms with van der Waals surface area (Å²) in [5.74, 6) is -0.639. The monoisotopic (exact) mass is 461 g/mol. The zero-order chi connectivity index (χ0) is 24.1. The Kier molecular flexibility index (Phi) is 7.31. The van der Waals surface area contributed by atoms with Crippen molar-refractivity contribution < 1.29 is 27.8 Å². The molecule has 3 rings (SSSR count). The SMILES string of the molecule is CCN(CCOc1nc(N)nc(-c2ccc(F)cc2)c1-c1cc(C)nc(C(F)F)c1)C(=O)O. The van der Waals surface area contributed by atoms with Gasteiger partial charge in [-0.05, 0) is 55.8 Å². The number of carbonyl (C=O) groups is 1. The van der Waals surface area contributed by atoms with Gasteiger partial charge in [-0.25, -0.2) is 22.9 Å². The lowest BCUT2D eigenvalue weighted by Gasteiger charge is -2.19. The summed E-state index contributed by atoms with van der Waals surface area (Å²) < 4.78 is 46.1. The van der Waals surface area contributed by atoms with Gasteiger partial charge in [0, 0.05) is 17.8 Å². The summed E-state index contributed by atoms with van der Waals surface area (Å²) in [7, 11) is 0. The largest absolute Gasteiger partial charge is 0.475 e. The Morgan fingerprint density at radius 1 is 1.15 bits per heavy atom. The minimum Gasteiger partial charge on any atom is -0.475 e. The van der Waals surface area contributed by atoms with Gasteiger partial charge >= 0.3 is 6.09 Å². The summed E-state index contributed by atoms with van der Waals surface area (Å²) >= 11 is 0. The number of nitrogen functional groups attached to an aromatic ring is 1. The smallest absolute Gasteiger partial charge is 0.407 e. The van der Waals surface area contributed by atoms with E-state index in [-0.39, 0.29) is 42.8 Å². The van der Waals surface area contributed by atoms with Gasteiger partial charge < -0.3 is 20.5 Å². The average molecular weight is 461 g/mol. The van der Waals surface area contributed by atoms with E-state index in [4.69, 9.17) is 10.5 Å². The third kappa shape index (κ3) is 5.68. The molecule has 2 aromatic heterocycles. The fourth-order valence-electron chi connectivity index (χ4n) is 3.23. The van der Waals surface area contributed by atoms with Gasteiger partial charge in [-0.1, -0.05) is 0 Å². The molecule has 1 aromatic carbocycles. The number of aryl methyl sites for hydroxylation is 1.